The van der Waals surface area contributed by atoms with Gasteiger partial charge in [-0.05, 0) is 61.6 Å². The normalized spacial score (nSPS) is 12.0. The summed E-state index contributed by atoms with van der Waals surface area (Å²) in [5.41, 5.74) is 5.47. The smallest absolute Gasteiger partial charge is 0.175 e. The molecule has 0 radical (unpaired) electrons. The SMILES string of the molecule is CN(C)Cc1ccc(-n2c(-c3ccc(S(C)(=O)=O)cc3)cc3ccccc32)cc1. The number of hydrogen-bond donors (Lipinski definition) is 0. The third-order valence-electron chi connectivity index (χ3n) is 4.98. The molecule has 0 aliphatic heterocycles. The molecule has 0 atom stereocenters. The molecular formula is C24H24N2O2S. The van der Waals surface area contributed by atoms with Crippen molar-refractivity contribution in [2.24, 2.45) is 0 Å². The maximum absolute atomic E-state index is 11.8. The highest BCUT2D eigenvalue weighted by molar-refractivity contribution is 7.90. The first-order chi connectivity index (χ1) is 13.8. The van der Waals surface area contributed by atoms with E-state index in [1.165, 1.54) is 11.8 Å². The van der Waals surface area contributed by atoms with Crippen molar-refractivity contribution in [3.05, 3.63) is 84.4 Å². The highest BCUT2D eigenvalue weighted by Crippen LogP contribution is 2.32. The molecule has 148 valence electrons. The quantitative estimate of drug-likeness (QED) is 0.481. The Morgan fingerprint density at radius 1 is 0.862 bits per heavy atom. The first-order valence-electron chi connectivity index (χ1n) is 9.48. The zero-order chi connectivity index (χ0) is 20.6. The number of para-hydroxylation sites is 1. The van der Waals surface area contributed by atoms with Crippen LogP contribution in [0.5, 0.6) is 0 Å². The Balaban J connectivity index is 1.85. The van der Waals surface area contributed by atoms with Crippen molar-refractivity contribution in [2.75, 3.05) is 20.4 Å². The summed E-state index contributed by atoms with van der Waals surface area (Å²) in [6.45, 7) is 0.895. The zero-order valence-corrected chi connectivity index (χ0v) is 17.6. The van der Waals surface area contributed by atoms with Crippen LogP contribution in [0.1, 0.15) is 5.56 Å². The fourth-order valence-electron chi connectivity index (χ4n) is 3.63. The van der Waals surface area contributed by atoms with E-state index in [1.54, 1.807) is 12.1 Å². The molecule has 4 aromatic rings. The van der Waals surface area contributed by atoms with Gasteiger partial charge in [0.05, 0.1) is 16.1 Å². The standard InChI is InChI=1S/C24H24N2O2S/c1-25(2)17-18-8-12-21(13-9-18)26-23-7-5-4-6-20(23)16-24(26)19-10-14-22(15-11-19)29(3,27)28/h4-16H,17H2,1-3H3. The predicted molar refractivity (Wildman–Crippen MR) is 119 cm³/mol. The summed E-state index contributed by atoms with van der Waals surface area (Å²) in [6.07, 6.45) is 1.23. The molecule has 29 heavy (non-hydrogen) atoms. The summed E-state index contributed by atoms with van der Waals surface area (Å²) < 4.78 is 25.8. The van der Waals surface area contributed by atoms with Crippen LogP contribution >= 0.6 is 0 Å². The number of benzene rings is 3. The topological polar surface area (TPSA) is 42.3 Å². The predicted octanol–water partition coefficient (Wildman–Crippen LogP) is 4.76. The second-order valence-corrected chi connectivity index (χ2v) is 9.64. The van der Waals surface area contributed by atoms with Gasteiger partial charge in [-0.2, -0.15) is 0 Å². The van der Waals surface area contributed by atoms with E-state index < -0.39 is 9.84 Å². The second-order valence-electron chi connectivity index (χ2n) is 7.62. The number of sulfone groups is 1. The summed E-state index contributed by atoms with van der Waals surface area (Å²) in [4.78, 5) is 2.48. The maximum atomic E-state index is 11.8. The lowest BCUT2D eigenvalue weighted by molar-refractivity contribution is 0.402. The number of rotatable bonds is 5. The van der Waals surface area contributed by atoms with Crippen LogP contribution in [0.25, 0.3) is 27.8 Å². The molecule has 5 heteroatoms. The Morgan fingerprint density at radius 3 is 2.14 bits per heavy atom. The van der Waals surface area contributed by atoms with Crippen LogP contribution in [0.3, 0.4) is 0 Å². The van der Waals surface area contributed by atoms with Gasteiger partial charge in [0.1, 0.15) is 0 Å². The number of hydrogen-bond acceptors (Lipinski definition) is 3. The Kier molecular flexibility index (Phi) is 5.03. The molecule has 0 aliphatic carbocycles. The van der Waals surface area contributed by atoms with Crippen molar-refractivity contribution < 1.29 is 8.42 Å². The van der Waals surface area contributed by atoms with Crippen molar-refractivity contribution in [1.29, 1.82) is 0 Å². The van der Waals surface area contributed by atoms with Crippen LogP contribution in [0, 0.1) is 0 Å². The second kappa shape index (κ2) is 7.50. The molecule has 4 rings (SSSR count). The highest BCUT2D eigenvalue weighted by Gasteiger charge is 2.14. The molecule has 0 saturated heterocycles. The molecule has 3 aromatic carbocycles. The van der Waals surface area contributed by atoms with Gasteiger partial charge in [0.15, 0.2) is 9.84 Å². The Bertz CT molecular complexity index is 1250. The molecule has 0 saturated carbocycles. The molecule has 0 aliphatic rings. The lowest BCUT2D eigenvalue weighted by atomic mass is 10.1. The zero-order valence-electron chi connectivity index (χ0n) is 16.8. The largest absolute Gasteiger partial charge is 0.309 e. The fraction of sp³-hybridized carbons (Fsp3) is 0.167. The molecular weight excluding hydrogens is 380 g/mol. The molecule has 4 nitrogen and oxygen atoms in total. The average molecular weight is 405 g/mol. The van der Waals surface area contributed by atoms with Gasteiger partial charge < -0.3 is 9.47 Å². The van der Waals surface area contributed by atoms with Crippen LogP contribution in [0.2, 0.25) is 0 Å². The van der Waals surface area contributed by atoms with E-state index in [-0.39, 0.29) is 0 Å². The molecule has 0 fully saturated rings. The van der Waals surface area contributed by atoms with Gasteiger partial charge >= 0.3 is 0 Å². The van der Waals surface area contributed by atoms with Crippen molar-refractivity contribution in [2.45, 2.75) is 11.4 Å². The fourth-order valence-corrected chi connectivity index (χ4v) is 4.26. The summed E-state index contributed by atoms with van der Waals surface area (Å²) in [5.74, 6) is 0. The monoisotopic (exact) mass is 404 g/mol. The highest BCUT2D eigenvalue weighted by atomic mass is 32.2. The number of nitrogens with zero attached hydrogens (tertiary/aromatic N) is 2. The van der Waals surface area contributed by atoms with Crippen LogP contribution in [0.4, 0.5) is 0 Å². The van der Waals surface area contributed by atoms with Gasteiger partial charge in [-0.15, -0.1) is 0 Å². The Morgan fingerprint density at radius 2 is 1.52 bits per heavy atom. The van der Waals surface area contributed by atoms with E-state index in [1.807, 2.05) is 24.3 Å². The summed E-state index contributed by atoms with van der Waals surface area (Å²) in [6, 6.07) is 26.1. The van der Waals surface area contributed by atoms with E-state index in [0.29, 0.717) is 4.90 Å². The minimum absolute atomic E-state index is 0.331. The van der Waals surface area contributed by atoms with Crippen LogP contribution in [0.15, 0.2) is 83.8 Å². The van der Waals surface area contributed by atoms with Crippen molar-refractivity contribution in [1.82, 2.24) is 9.47 Å². The van der Waals surface area contributed by atoms with Gasteiger partial charge in [0, 0.05) is 23.9 Å². The maximum Gasteiger partial charge on any atom is 0.175 e. The van der Waals surface area contributed by atoms with Gasteiger partial charge in [-0.3, -0.25) is 0 Å². The van der Waals surface area contributed by atoms with E-state index >= 15 is 0 Å². The Hall–Kier alpha value is -2.89. The van der Waals surface area contributed by atoms with Crippen molar-refractivity contribution in [3.8, 4) is 16.9 Å². The van der Waals surface area contributed by atoms with Gasteiger partial charge in [-0.25, -0.2) is 8.42 Å². The molecule has 0 N–H and O–H groups in total. The van der Waals surface area contributed by atoms with Crippen molar-refractivity contribution in [3.63, 3.8) is 0 Å². The average Bonchev–Trinajstić information content (AvgIpc) is 3.07. The van der Waals surface area contributed by atoms with E-state index in [9.17, 15) is 8.42 Å². The van der Waals surface area contributed by atoms with Crippen molar-refractivity contribution >= 4 is 20.7 Å². The minimum Gasteiger partial charge on any atom is -0.309 e. The molecule has 1 aromatic heterocycles. The third kappa shape index (κ3) is 3.97. The Labute approximate surface area is 171 Å². The molecule has 0 bridgehead atoms. The van der Waals surface area contributed by atoms with Crippen LogP contribution in [-0.2, 0) is 16.4 Å². The first-order valence-corrected chi connectivity index (χ1v) is 11.4. The van der Waals surface area contributed by atoms with Gasteiger partial charge in [0.2, 0.25) is 0 Å². The summed E-state index contributed by atoms with van der Waals surface area (Å²) >= 11 is 0. The molecule has 0 amide bonds. The minimum atomic E-state index is -3.21. The van der Waals surface area contributed by atoms with Gasteiger partial charge in [-0.1, -0.05) is 42.5 Å². The number of fused-ring (bicyclic) bond motifs is 1. The third-order valence-corrected chi connectivity index (χ3v) is 6.11. The molecule has 0 unspecified atom stereocenters. The van der Waals surface area contributed by atoms with E-state index in [4.69, 9.17) is 0 Å². The van der Waals surface area contributed by atoms with Gasteiger partial charge in [0.25, 0.3) is 0 Å². The lowest BCUT2D eigenvalue weighted by Crippen LogP contribution is -2.10. The van der Waals surface area contributed by atoms with E-state index in [0.717, 1.165) is 34.4 Å². The van der Waals surface area contributed by atoms with Crippen LogP contribution < -0.4 is 0 Å². The molecule has 0 spiro atoms. The van der Waals surface area contributed by atoms with Crippen LogP contribution in [-0.4, -0.2) is 38.2 Å². The van der Waals surface area contributed by atoms with E-state index in [2.05, 4.69) is 66.0 Å². The molecule has 1 heterocycles. The summed E-state index contributed by atoms with van der Waals surface area (Å²) in [5, 5.41) is 1.15. The first kappa shape index (κ1) is 19.4. The summed E-state index contributed by atoms with van der Waals surface area (Å²) in [7, 11) is 0.908. The lowest BCUT2D eigenvalue weighted by Gasteiger charge is -2.14. The number of aromatic nitrogens is 1.